The SMILES string of the molecule is Cc1cc(C)c2c(c1)C(C)C(c1ccccc1)=[NH+]S2(=O)=O. The maximum absolute atomic E-state index is 12.6. The van der Waals surface area contributed by atoms with E-state index in [9.17, 15) is 8.42 Å². The average Bonchev–Trinajstić information content (AvgIpc) is 2.42. The monoisotopic (exact) mass is 300 g/mol. The molecule has 2 aromatic carbocycles. The first kappa shape index (κ1) is 14.0. The number of nitrogens with one attached hydrogen (secondary N) is 1. The zero-order valence-corrected chi connectivity index (χ0v) is 13.2. The summed E-state index contributed by atoms with van der Waals surface area (Å²) in [7, 11) is -3.51. The Hall–Kier alpha value is -1.94. The van der Waals surface area contributed by atoms with Crippen LogP contribution in [-0.4, -0.2) is 14.1 Å². The summed E-state index contributed by atoms with van der Waals surface area (Å²) in [4.78, 5) is 0.431. The Labute approximate surface area is 125 Å². The molecule has 0 aliphatic carbocycles. The van der Waals surface area contributed by atoms with E-state index >= 15 is 0 Å². The van der Waals surface area contributed by atoms with E-state index in [1.54, 1.807) is 0 Å². The second kappa shape index (κ2) is 4.81. The van der Waals surface area contributed by atoms with Gasteiger partial charge in [0.25, 0.3) is 0 Å². The van der Waals surface area contributed by atoms with Gasteiger partial charge in [0.15, 0.2) is 0 Å². The van der Waals surface area contributed by atoms with Gasteiger partial charge in [-0.2, -0.15) is 8.42 Å². The predicted molar refractivity (Wildman–Crippen MR) is 83.0 cm³/mol. The first-order valence-electron chi connectivity index (χ1n) is 6.96. The molecule has 0 saturated heterocycles. The molecule has 1 atom stereocenters. The molecule has 0 spiro atoms. The first-order valence-corrected chi connectivity index (χ1v) is 8.44. The van der Waals surface area contributed by atoms with Crippen LogP contribution in [0.4, 0.5) is 0 Å². The van der Waals surface area contributed by atoms with Gasteiger partial charge in [0.1, 0.15) is 4.90 Å². The van der Waals surface area contributed by atoms with E-state index in [0.717, 1.165) is 28.0 Å². The van der Waals surface area contributed by atoms with Gasteiger partial charge in [-0.05, 0) is 44.0 Å². The molecule has 0 aromatic heterocycles. The van der Waals surface area contributed by atoms with Crippen molar-refractivity contribution >= 4 is 15.7 Å². The van der Waals surface area contributed by atoms with Crippen molar-refractivity contribution in [3.63, 3.8) is 0 Å². The molecule has 0 fully saturated rings. The highest BCUT2D eigenvalue weighted by molar-refractivity contribution is 7.85. The average molecular weight is 300 g/mol. The van der Waals surface area contributed by atoms with Gasteiger partial charge in [0.2, 0.25) is 5.71 Å². The minimum Gasteiger partial charge on any atom is -0.159 e. The lowest BCUT2D eigenvalue weighted by Gasteiger charge is -2.20. The van der Waals surface area contributed by atoms with Crippen LogP contribution in [0.2, 0.25) is 0 Å². The van der Waals surface area contributed by atoms with E-state index in [2.05, 4.69) is 4.40 Å². The molecule has 21 heavy (non-hydrogen) atoms. The van der Waals surface area contributed by atoms with Crippen LogP contribution in [0.15, 0.2) is 47.4 Å². The summed E-state index contributed by atoms with van der Waals surface area (Å²) in [5.74, 6) is 0.0181. The maximum atomic E-state index is 12.6. The number of rotatable bonds is 1. The number of sulfonamides is 1. The fraction of sp³-hybridized carbons (Fsp3) is 0.235. The largest absolute Gasteiger partial charge is 0.393 e. The topological polar surface area (TPSA) is 48.1 Å². The Morgan fingerprint density at radius 2 is 1.71 bits per heavy atom. The summed E-state index contributed by atoms with van der Waals surface area (Å²) < 4.78 is 28.0. The Morgan fingerprint density at radius 3 is 2.38 bits per heavy atom. The number of benzene rings is 2. The van der Waals surface area contributed by atoms with Crippen LogP contribution in [0.25, 0.3) is 0 Å². The fourth-order valence-electron chi connectivity index (χ4n) is 3.04. The molecule has 1 unspecified atom stereocenters. The van der Waals surface area contributed by atoms with Crippen molar-refractivity contribution in [2.75, 3.05) is 0 Å². The van der Waals surface area contributed by atoms with Crippen LogP contribution in [0.3, 0.4) is 0 Å². The molecule has 2 aromatic rings. The van der Waals surface area contributed by atoms with Gasteiger partial charge in [0.05, 0.1) is 5.92 Å². The van der Waals surface area contributed by atoms with Crippen LogP contribution in [0.5, 0.6) is 0 Å². The Balaban J connectivity index is 2.28. The highest BCUT2D eigenvalue weighted by atomic mass is 32.2. The van der Waals surface area contributed by atoms with Gasteiger partial charge in [-0.3, -0.25) is 0 Å². The van der Waals surface area contributed by atoms with Crippen molar-refractivity contribution < 1.29 is 12.8 Å². The maximum Gasteiger partial charge on any atom is 0.393 e. The fourth-order valence-corrected chi connectivity index (χ4v) is 4.76. The van der Waals surface area contributed by atoms with Crippen molar-refractivity contribution in [2.24, 2.45) is 0 Å². The minimum absolute atomic E-state index is 0.0181. The van der Waals surface area contributed by atoms with Crippen LogP contribution in [-0.2, 0) is 10.0 Å². The molecule has 3 nitrogen and oxygen atoms in total. The van der Waals surface area contributed by atoms with Crippen LogP contribution in [0.1, 0.15) is 35.1 Å². The highest BCUT2D eigenvalue weighted by Crippen LogP contribution is 2.31. The molecular formula is C17H18NO2S+. The summed E-state index contributed by atoms with van der Waals surface area (Å²) in [6.45, 7) is 5.89. The number of fused-ring (bicyclic) bond motifs is 1. The van der Waals surface area contributed by atoms with Crippen LogP contribution >= 0.6 is 0 Å². The van der Waals surface area contributed by atoms with Gasteiger partial charge in [-0.15, -0.1) is 4.40 Å². The molecule has 1 heterocycles. The van der Waals surface area contributed by atoms with Gasteiger partial charge < -0.3 is 0 Å². The van der Waals surface area contributed by atoms with E-state index in [1.165, 1.54) is 0 Å². The summed E-state index contributed by atoms with van der Waals surface area (Å²) in [6.07, 6.45) is 0. The van der Waals surface area contributed by atoms with Gasteiger partial charge in [-0.25, -0.2) is 0 Å². The Kier molecular flexibility index (Phi) is 3.21. The number of aryl methyl sites for hydroxylation is 2. The molecule has 1 aliphatic heterocycles. The van der Waals surface area contributed by atoms with E-state index in [4.69, 9.17) is 0 Å². The zero-order valence-electron chi connectivity index (χ0n) is 12.3. The van der Waals surface area contributed by atoms with Crippen molar-refractivity contribution in [3.05, 3.63) is 64.7 Å². The van der Waals surface area contributed by atoms with E-state index in [1.807, 2.05) is 63.2 Å². The quantitative estimate of drug-likeness (QED) is 0.871. The minimum atomic E-state index is -3.51. The third-order valence-electron chi connectivity index (χ3n) is 3.95. The standard InChI is InChI=1S/C17H17NO2S/c1-11-9-12(2)17-15(10-11)13(3)16(18-21(17,19)20)14-7-5-4-6-8-14/h4-10,13H,1-3H3/p+1. The molecule has 1 aliphatic rings. The van der Waals surface area contributed by atoms with E-state index < -0.39 is 10.0 Å². The van der Waals surface area contributed by atoms with Crippen molar-refractivity contribution in [2.45, 2.75) is 31.6 Å². The van der Waals surface area contributed by atoms with Gasteiger partial charge >= 0.3 is 10.0 Å². The molecular weight excluding hydrogens is 282 g/mol. The van der Waals surface area contributed by atoms with Gasteiger partial charge in [0, 0.05) is 5.56 Å². The predicted octanol–water partition coefficient (Wildman–Crippen LogP) is 1.68. The number of hydrogen-bond acceptors (Lipinski definition) is 2. The molecule has 3 rings (SSSR count). The summed E-state index contributed by atoms with van der Waals surface area (Å²) in [5, 5.41) is 0. The van der Waals surface area contributed by atoms with Crippen LogP contribution < -0.4 is 4.40 Å². The molecule has 0 amide bonds. The lowest BCUT2D eigenvalue weighted by molar-refractivity contribution is -0.271. The lowest BCUT2D eigenvalue weighted by atomic mass is 9.89. The third kappa shape index (κ3) is 2.29. The van der Waals surface area contributed by atoms with Gasteiger partial charge in [-0.1, -0.05) is 35.9 Å². The normalized spacial score (nSPS) is 19.8. The Bertz CT molecular complexity index is 837. The second-order valence-corrected chi connectivity index (χ2v) is 7.23. The molecule has 108 valence electrons. The highest BCUT2D eigenvalue weighted by Gasteiger charge is 2.38. The summed E-state index contributed by atoms with van der Waals surface area (Å²) in [6, 6.07) is 13.5. The van der Waals surface area contributed by atoms with Crippen molar-refractivity contribution in [3.8, 4) is 0 Å². The molecule has 0 radical (unpaired) electrons. The smallest absolute Gasteiger partial charge is 0.159 e. The van der Waals surface area contributed by atoms with Crippen molar-refractivity contribution in [1.29, 1.82) is 0 Å². The van der Waals surface area contributed by atoms with E-state index in [-0.39, 0.29) is 5.92 Å². The first-order chi connectivity index (χ1) is 9.90. The third-order valence-corrected chi connectivity index (χ3v) is 5.53. The molecule has 4 heteroatoms. The zero-order chi connectivity index (χ0) is 15.2. The summed E-state index contributed by atoms with van der Waals surface area (Å²) in [5.41, 5.74) is 4.43. The summed E-state index contributed by atoms with van der Waals surface area (Å²) >= 11 is 0. The second-order valence-electron chi connectivity index (χ2n) is 5.61. The van der Waals surface area contributed by atoms with E-state index in [0.29, 0.717) is 4.90 Å². The van der Waals surface area contributed by atoms with Crippen LogP contribution in [0, 0.1) is 13.8 Å². The lowest BCUT2D eigenvalue weighted by Crippen LogP contribution is -2.79. The number of hydrogen-bond donors (Lipinski definition) is 1. The molecule has 1 N–H and O–H groups in total. The molecule has 0 saturated carbocycles. The Morgan fingerprint density at radius 1 is 1.05 bits per heavy atom. The van der Waals surface area contributed by atoms with Crippen molar-refractivity contribution in [1.82, 2.24) is 0 Å². The molecule has 0 bridgehead atoms.